The number of hydrogen-bond acceptors (Lipinski definition) is 5. The predicted octanol–water partition coefficient (Wildman–Crippen LogP) is 5.23. The number of nitrogens with one attached hydrogen (secondary N) is 1. The lowest BCUT2D eigenvalue weighted by atomic mass is 9.94. The van der Waals surface area contributed by atoms with Gasteiger partial charge in [-0.15, -0.1) is 0 Å². The van der Waals surface area contributed by atoms with E-state index in [9.17, 15) is 31.5 Å². The summed E-state index contributed by atoms with van der Waals surface area (Å²) in [4.78, 5) is 29.6. The van der Waals surface area contributed by atoms with Gasteiger partial charge in [0.15, 0.2) is 5.69 Å². The maximum atomic E-state index is 14.2. The minimum atomic E-state index is -4.66. The van der Waals surface area contributed by atoms with E-state index in [2.05, 4.69) is 15.4 Å². The highest BCUT2D eigenvalue weighted by molar-refractivity contribution is 7.98. The third-order valence-electron chi connectivity index (χ3n) is 6.83. The van der Waals surface area contributed by atoms with Crippen molar-refractivity contribution in [1.82, 2.24) is 20.1 Å². The van der Waals surface area contributed by atoms with Crippen molar-refractivity contribution in [2.75, 3.05) is 5.75 Å². The van der Waals surface area contributed by atoms with Gasteiger partial charge in [-0.25, -0.2) is 8.78 Å². The van der Waals surface area contributed by atoms with Crippen LogP contribution >= 0.6 is 11.8 Å². The quantitative estimate of drug-likeness (QED) is 0.269. The summed E-state index contributed by atoms with van der Waals surface area (Å²) in [7, 11) is 0. The van der Waals surface area contributed by atoms with Crippen LogP contribution in [0.2, 0.25) is 0 Å². The van der Waals surface area contributed by atoms with Gasteiger partial charge in [-0.3, -0.25) is 19.3 Å². The number of fused-ring (bicyclic) bond motifs is 1. The van der Waals surface area contributed by atoms with Crippen molar-refractivity contribution in [3.8, 4) is 11.1 Å². The van der Waals surface area contributed by atoms with Gasteiger partial charge in [-0.1, -0.05) is 24.3 Å². The smallest absolute Gasteiger partial charge is 0.366 e. The highest BCUT2D eigenvalue weighted by Crippen LogP contribution is 2.37. The number of rotatable bonds is 8. The minimum absolute atomic E-state index is 0.0685. The number of carbonyl (C=O) groups is 2. The van der Waals surface area contributed by atoms with E-state index in [4.69, 9.17) is 5.73 Å². The Morgan fingerprint density at radius 3 is 2.64 bits per heavy atom. The number of halogens is 5. The Kier molecular flexibility index (Phi) is 8.30. The van der Waals surface area contributed by atoms with E-state index < -0.39 is 47.9 Å². The molecule has 0 radical (unpaired) electrons. The molecule has 218 valence electrons. The Morgan fingerprint density at radius 1 is 1.10 bits per heavy atom. The maximum Gasteiger partial charge on any atom is 0.435 e. The number of amides is 2. The lowest BCUT2D eigenvalue weighted by Crippen LogP contribution is -2.34. The van der Waals surface area contributed by atoms with Crippen molar-refractivity contribution in [3.05, 3.63) is 106 Å². The molecule has 4 aromatic rings. The number of pyridine rings is 1. The summed E-state index contributed by atoms with van der Waals surface area (Å²) in [6.07, 6.45) is -2.79. The van der Waals surface area contributed by atoms with Gasteiger partial charge < -0.3 is 11.1 Å². The number of benzene rings is 2. The Morgan fingerprint density at radius 2 is 1.90 bits per heavy atom. The average molecular weight is 602 g/mol. The van der Waals surface area contributed by atoms with Crippen LogP contribution < -0.4 is 11.1 Å². The summed E-state index contributed by atoms with van der Waals surface area (Å²) in [5.41, 5.74) is 6.09. The molecule has 1 aliphatic heterocycles. The van der Waals surface area contributed by atoms with E-state index in [1.54, 1.807) is 18.2 Å². The molecule has 1 aliphatic rings. The second-order valence-electron chi connectivity index (χ2n) is 9.68. The molecule has 1 unspecified atom stereocenters. The van der Waals surface area contributed by atoms with E-state index in [0.29, 0.717) is 40.3 Å². The van der Waals surface area contributed by atoms with E-state index >= 15 is 0 Å². The van der Waals surface area contributed by atoms with Crippen LogP contribution in [-0.4, -0.2) is 32.3 Å². The predicted molar refractivity (Wildman–Crippen MR) is 146 cm³/mol. The minimum Gasteiger partial charge on any atom is -0.366 e. The second-order valence-corrected chi connectivity index (χ2v) is 10.8. The monoisotopic (exact) mass is 601 g/mol. The second kappa shape index (κ2) is 11.9. The molecule has 2 aromatic carbocycles. The van der Waals surface area contributed by atoms with Gasteiger partial charge in [0.25, 0.3) is 5.91 Å². The van der Waals surface area contributed by atoms with Gasteiger partial charge in [0, 0.05) is 28.8 Å². The first-order chi connectivity index (χ1) is 20.0. The van der Waals surface area contributed by atoms with Crippen LogP contribution in [0.1, 0.15) is 44.6 Å². The fraction of sp³-hybridized carbons (Fsp3) is 0.241. The molecule has 0 bridgehead atoms. The summed E-state index contributed by atoms with van der Waals surface area (Å²) >= 11 is 1.37. The summed E-state index contributed by atoms with van der Waals surface area (Å²) in [5.74, 6) is -2.16. The summed E-state index contributed by atoms with van der Waals surface area (Å²) in [6, 6.07) is 11.9. The number of aromatic nitrogens is 3. The van der Waals surface area contributed by atoms with Crippen LogP contribution in [-0.2, 0) is 36.1 Å². The molecule has 0 fully saturated rings. The topological polar surface area (TPSA) is 103 Å². The lowest BCUT2D eigenvalue weighted by Gasteiger charge is -2.22. The largest absolute Gasteiger partial charge is 0.435 e. The number of thioether (sulfide) groups is 1. The highest BCUT2D eigenvalue weighted by atomic mass is 32.2. The molecule has 0 aliphatic carbocycles. The Bertz CT molecular complexity index is 1660. The molecule has 13 heteroatoms. The number of hydrogen-bond donors (Lipinski definition) is 2. The van der Waals surface area contributed by atoms with Crippen molar-refractivity contribution >= 4 is 23.6 Å². The van der Waals surface area contributed by atoms with Crippen LogP contribution in [0.25, 0.3) is 11.1 Å². The number of carbonyl (C=O) groups excluding carboxylic acids is 2. The normalized spacial score (nSPS) is 13.8. The molecule has 0 saturated heterocycles. The van der Waals surface area contributed by atoms with Crippen molar-refractivity contribution in [2.24, 2.45) is 5.73 Å². The third kappa shape index (κ3) is 6.30. The van der Waals surface area contributed by atoms with Crippen LogP contribution in [0.15, 0.2) is 60.8 Å². The average Bonchev–Trinajstić information content (AvgIpc) is 3.32. The molecule has 2 aromatic heterocycles. The van der Waals surface area contributed by atoms with Crippen molar-refractivity contribution in [2.45, 2.75) is 37.4 Å². The highest BCUT2D eigenvalue weighted by Gasteiger charge is 2.40. The first-order valence-corrected chi connectivity index (χ1v) is 14.0. The van der Waals surface area contributed by atoms with Gasteiger partial charge in [-0.05, 0) is 60.1 Å². The zero-order valence-corrected chi connectivity index (χ0v) is 22.7. The molecule has 3 N–H and O–H groups in total. The Labute approximate surface area is 241 Å². The first-order valence-electron chi connectivity index (χ1n) is 12.8. The van der Waals surface area contributed by atoms with E-state index in [0.717, 1.165) is 10.7 Å². The number of nitrogens with two attached hydrogens (primary N) is 1. The Balaban J connectivity index is 1.51. The van der Waals surface area contributed by atoms with Gasteiger partial charge in [0.2, 0.25) is 5.91 Å². The fourth-order valence-electron chi connectivity index (χ4n) is 4.98. The first kappa shape index (κ1) is 29.2. The maximum absolute atomic E-state index is 14.2. The molecule has 0 spiro atoms. The molecule has 2 amide bonds. The molecule has 0 saturated carbocycles. The molecular weight excluding hydrogens is 577 g/mol. The molecule has 1 atom stereocenters. The summed E-state index contributed by atoms with van der Waals surface area (Å²) < 4.78 is 70.3. The zero-order valence-electron chi connectivity index (χ0n) is 21.9. The summed E-state index contributed by atoms with van der Waals surface area (Å²) in [6.45, 7) is -0.479. The van der Waals surface area contributed by atoms with E-state index in [1.807, 2.05) is 0 Å². The fourth-order valence-corrected chi connectivity index (χ4v) is 5.97. The SMILES string of the molecule is NC(=O)c1cc(-c2cccnc2C(Cc2cccc(F)c2)NC(=O)Cn2nc(C(F)(F)F)c3c2CCSC3)ccc1F. The van der Waals surface area contributed by atoms with Crippen molar-refractivity contribution in [3.63, 3.8) is 0 Å². The van der Waals surface area contributed by atoms with E-state index in [-0.39, 0.29) is 23.3 Å². The number of alkyl halides is 3. The van der Waals surface area contributed by atoms with Gasteiger partial charge in [0.1, 0.15) is 18.2 Å². The van der Waals surface area contributed by atoms with Crippen LogP contribution in [0.3, 0.4) is 0 Å². The third-order valence-corrected chi connectivity index (χ3v) is 7.82. The van der Waals surface area contributed by atoms with Crippen molar-refractivity contribution in [1.29, 1.82) is 0 Å². The van der Waals surface area contributed by atoms with Crippen LogP contribution in [0.5, 0.6) is 0 Å². The van der Waals surface area contributed by atoms with Gasteiger partial charge in [-0.2, -0.15) is 30.0 Å². The van der Waals surface area contributed by atoms with Gasteiger partial charge in [0.05, 0.1) is 17.3 Å². The lowest BCUT2D eigenvalue weighted by molar-refractivity contribution is -0.142. The summed E-state index contributed by atoms with van der Waals surface area (Å²) in [5, 5.41) is 6.58. The molecule has 7 nitrogen and oxygen atoms in total. The van der Waals surface area contributed by atoms with E-state index in [1.165, 1.54) is 48.3 Å². The van der Waals surface area contributed by atoms with Crippen LogP contribution in [0, 0.1) is 11.6 Å². The molecule has 42 heavy (non-hydrogen) atoms. The zero-order chi connectivity index (χ0) is 30.0. The number of primary amides is 1. The van der Waals surface area contributed by atoms with Crippen molar-refractivity contribution < 1.29 is 31.5 Å². The molecule has 3 heterocycles. The van der Waals surface area contributed by atoms with Crippen LogP contribution in [0.4, 0.5) is 22.0 Å². The molecular formula is C29H24F5N5O2S. The number of nitrogens with zero attached hydrogens (tertiary/aromatic N) is 3. The molecule has 5 rings (SSSR count). The standard InChI is InChI=1S/C29H24F5N5O2S/c30-18-4-1-3-16(11-18)12-23(26-19(5-2-9-36-26)17-6-7-22(31)20(13-17)28(35)41)37-25(40)14-39-24-8-10-42-15-21(24)27(38-39)29(32,33)34/h1-7,9,11,13,23H,8,10,12,14-15H2,(H2,35,41)(H,37,40). The Hall–Kier alpha value is -4.26. The van der Waals surface area contributed by atoms with Gasteiger partial charge >= 0.3 is 6.18 Å².